The van der Waals surface area contributed by atoms with Crippen molar-refractivity contribution in [2.75, 3.05) is 0 Å². The number of unbranched alkanes of at least 4 members (excludes halogenated alkanes) is 30. The fourth-order valence-corrected chi connectivity index (χ4v) is 7.83. The van der Waals surface area contributed by atoms with Crippen LogP contribution in [0.2, 0.25) is 0 Å². The summed E-state index contributed by atoms with van der Waals surface area (Å²) in [6, 6.07) is 12.2. The molecule has 51 heavy (non-hydrogen) atoms. The van der Waals surface area contributed by atoms with E-state index in [1.807, 2.05) is 12.1 Å². The summed E-state index contributed by atoms with van der Waals surface area (Å²) < 4.78 is 0. The van der Waals surface area contributed by atoms with Crippen LogP contribution in [0, 0.1) is 0 Å². The Bertz CT molecular complexity index is 975. The van der Waals surface area contributed by atoms with E-state index in [0.29, 0.717) is 17.9 Å². The van der Waals surface area contributed by atoms with Crippen LogP contribution < -0.4 is 0 Å². The molecule has 0 aliphatic carbocycles. The first-order chi connectivity index (χ1) is 25.1. The van der Waals surface area contributed by atoms with Gasteiger partial charge < -0.3 is 10.2 Å². The van der Waals surface area contributed by atoms with Crippen molar-refractivity contribution in [3.63, 3.8) is 0 Å². The Hall–Kier alpha value is -1.96. The summed E-state index contributed by atoms with van der Waals surface area (Å²) >= 11 is 0. The molecule has 0 aliphatic heterocycles. The van der Waals surface area contributed by atoms with Gasteiger partial charge in [-0.15, -0.1) is 0 Å². The topological polar surface area (TPSA) is 40.5 Å². The van der Waals surface area contributed by atoms with Crippen molar-refractivity contribution in [1.29, 1.82) is 0 Å². The molecular weight excluding hydrogens is 621 g/mol. The Morgan fingerprint density at radius 3 is 0.804 bits per heavy atom. The lowest BCUT2D eigenvalue weighted by molar-refractivity contribution is 0.462. The van der Waals surface area contributed by atoms with Gasteiger partial charge in [0.05, 0.1) is 0 Å². The first kappa shape index (κ1) is 45.2. The van der Waals surface area contributed by atoms with E-state index < -0.39 is 0 Å². The summed E-state index contributed by atoms with van der Waals surface area (Å²) in [6.45, 7) is 4.59. The van der Waals surface area contributed by atoms with Gasteiger partial charge >= 0.3 is 0 Å². The maximum Gasteiger partial charge on any atom is 0.119 e. The second-order valence-electron chi connectivity index (χ2n) is 16.2. The van der Waals surface area contributed by atoms with Crippen molar-refractivity contribution in [1.82, 2.24) is 0 Å². The van der Waals surface area contributed by atoms with Crippen molar-refractivity contribution < 1.29 is 10.2 Å². The number of aryl methyl sites for hydroxylation is 2. The lowest BCUT2D eigenvalue weighted by atomic mass is 9.96. The van der Waals surface area contributed by atoms with Crippen LogP contribution in [0.15, 0.2) is 36.4 Å². The molecule has 0 spiro atoms. The zero-order valence-corrected chi connectivity index (χ0v) is 34.1. The maximum absolute atomic E-state index is 10.6. The first-order valence-corrected chi connectivity index (χ1v) is 22.8. The Kier molecular flexibility index (Phi) is 29.0. The Morgan fingerprint density at radius 1 is 0.314 bits per heavy atom. The molecule has 0 atom stereocenters. The minimum absolute atomic E-state index is 0.341. The summed E-state index contributed by atoms with van der Waals surface area (Å²) in [4.78, 5) is 0. The monoisotopic (exact) mass is 705 g/mol. The van der Waals surface area contributed by atoms with Gasteiger partial charge in [0.25, 0.3) is 0 Å². The summed E-state index contributed by atoms with van der Waals surface area (Å²) in [6.07, 6.45) is 47.3. The molecule has 2 heteroatoms. The molecule has 2 nitrogen and oxygen atoms in total. The lowest BCUT2D eigenvalue weighted by Crippen LogP contribution is -1.95. The molecule has 0 saturated heterocycles. The van der Waals surface area contributed by atoms with Crippen molar-refractivity contribution in [2.24, 2.45) is 0 Å². The maximum atomic E-state index is 10.6. The zero-order chi connectivity index (χ0) is 36.5. The molecule has 0 bridgehead atoms. The molecule has 2 N–H and O–H groups in total. The molecule has 0 aromatic heterocycles. The van der Waals surface area contributed by atoms with Gasteiger partial charge in [-0.25, -0.2) is 0 Å². The molecule has 0 fully saturated rings. The standard InChI is InChI=1S/C49H84O2/c1-3-5-7-9-11-13-15-17-19-21-23-25-27-29-31-33-35-44-37-39-48(50)46(41-44)43-47-42-45(38-40-49(47)51)36-34-32-30-28-26-24-22-20-18-16-14-12-10-8-6-4-2/h37-42,50-51H,3-36,43H2,1-2H3. The largest absolute Gasteiger partial charge is 0.508 e. The highest BCUT2D eigenvalue weighted by molar-refractivity contribution is 5.44. The van der Waals surface area contributed by atoms with Gasteiger partial charge in [-0.3, -0.25) is 0 Å². The van der Waals surface area contributed by atoms with Crippen LogP contribution in [0.1, 0.15) is 242 Å². The molecule has 0 amide bonds. The Morgan fingerprint density at radius 2 is 0.549 bits per heavy atom. The molecular formula is C49H84O2. The number of hydrogen-bond donors (Lipinski definition) is 2. The van der Waals surface area contributed by atoms with Crippen molar-refractivity contribution >= 4 is 0 Å². The Labute approximate surface area is 318 Å². The number of benzene rings is 2. The number of rotatable bonds is 36. The van der Waals surface area contributed by atoms with Crippen LogP contribution in [-0.2, 0) is 19.3 Å². The number of hydrogen-bond acceptors (Lipinski definition) is 2. The fourth-order valence-electron chi connectivity index (χ4n) is 7.83. The predicted molar refractivity (Wildman–Crippen MR) is 226 cm³/mol. The molecule has 0 radical (unpaired) electrons. The molecule has 0 aliphatic rings. The second kappa shape index (κ2) is 32.7. The molecule has 2 rings (SSSR count). The normalized spacial score (nSPS) is 11.5. The van der Waals surface area contributed by atoms with E-state index in [0.717, 1.165) is 24.0 Å². The van der Waals surface area contributed by atoms with E-state index in [-0.39, 0.29) is 0 Å². The van der Waals surface area contributed by atoms with Crippen LogP contribution in [0.4, 0.5) is 0 Å². The van der Waals surface area contributed by atoms with Crippen LogP contribution in [-0.4, -0.2) is 10.2 Å². The van der Waals surface area contributed by atoms with Crippen LogP contribution in [0.5, 0.6) is 11.5 Å². The summed E-state index contributed by atoms with van der Waals surface area (Å²) in [5, 5.41) is 21.3. The van der Waals surface area contributed by atoms with Crippen molar-refractivity contribution in [2.45, 2.75) is 239 Å². The number of aromatic hydroxyl groups is 2. The summed E-state index contributed by atoms with van der Waals surface area (Å²) in [7, 11) is 0. The summed E-state index contributed by atoms with van der Waals surface area (Å²) in [5.74, 6) is 0.682. The van der Waals surface area contributed by atoms with Crippen LogP contribution >= 0.6 is 0 Å². The van der Waals surface area contributed by atoms with Gasteiger partial charge in [0.1, 0.15) is 11.5 Å². The third-order valence-electron chi connectivity index (χ3n) is 11.3. The van der Waals surface area contributed by atoms with E-state index in [1.165, 1.54) is 217 Å². The SMILES string of the molecule is CCCCCCCCCCCCCCCCCCc1ccc(O)c(Cc2cc(CCCCCCCCCCCCCCCCCC)ccc2O)c1. The van der Waals surface area contributed by atoms with Gasteiger partial charge in [-0.2, -0.15) is 0 Å². The van der Waals surface area contributed by atoms with E-state index in [4.69, 9.17) is 0 Å². The predicted octanol–water partition coefficient (Wildman–Crippen LogP) is 16.3. The van der Waals surface area contributed by atoms with E-state index >= 15 is 0 Å². The average molecular weight is 705 g/mol. The highest BCUT2D eigenvalue weighted by Gasteiger charge is 2.10. The minimum atomic E-state index is 0.341. The van der Waals surface area contributed by atoms with Crippen molar-refractivity contribution in [3.8, 4) is 11.5 Å². The molecule has 0 heterocycles. The van der Waals surface area contributed by atoms with E-state index in [1.54, 1.807) is 0 Å². The molecule has 2 aromatic carbocycles. The van der Waals surface area contributed by atoms with Gasteiger partial charge in [0.15, 0.2) is 0 Å². The van der Waals surface area contributed by atoms with Gasteiger partial charge in [0.2, 0.25) is 0 Å². The lowest BCUT2D eigenvalue weighted by Gasteiger charge is -2.11. The zero-order valence-electron chi connectivity index (χ0n) is 34.1. The first-order valence-electron chi connectivity index (χ1n) is 22.8. The van der Waals surface area contributed by atoms with Crippen LogP contribution in [0.3, 0.4) is 0 Å². The van der Waals surface area contributed by atoms with Crippen molar-refractivity contribution in [3.05, 3.63) is 58.7 Å². The minimum Gasteiger partial charge on any atom is -0.508 e. The molecule has 2 aromatic rings. The highest BCUT2D eigenvalue weighted by atomic mass is 16.3. The average Bonchev–Trinajstić information content (AvgIpc) is 3.13. The highest BCUT2D eigenvalue weighted by Crippen LogP contribution is 2.28. The van der Waals surface area contributed by atoms with Crippen LogP contribution in [0.25, 0.3) is 0 Å². The van der Waals surface area contributed by atoms with Gasteiger partial charge in [0, 0.05) is 6.42 Å². The molecule has 292 valence electrons. The third kappa shape index (κ3) is 24.8. The fraction of sp³-hybridized carbons (Fsp3) is 0.755. The number of phenols is 2. The summed E-state index contributed by atoms with van der Waals surface area (Å²) in [5.41, 5.74) is 4.46. The second-order valence-corrected chi connectivity index (χ2v) is 16.2. The Balaban J connectivity index is 1.52. The molecule has 0 saturated carbocycles. The third-order valence-corrected chi connectivity index (χ3v) is 11.3. The smallest absolute Gasteiger partial charge is 0.119 e. The van der Waals surface area contributed by atoms with E-state index in [9.17, 15) is 10.2 Å². The number of phenolic OH excluding ortho intramolecular Hbond substituents is 2. The quantitative estimate of drug-likeness (QED) is 0.0693. The van der Waals surface area contributed by atoms with Gasteiger partial charge in [-0.05, 0) is 60.1 Å². The molecule has 0 unspecified atom stereocenters. The van der Waals surface area contributed by atoms with E-state index in [2.05, 4.69) is 38.1 Å². The van der Waals surface area contributed by atoms with Gasteiger partial charge in [-0.1, -0.05) is 231 Å².